The number of nitrogens with zero attached hydrogens (tertiary/aromatic N) is 1. The van der Waals surface area contributed by atoms with Crippen molar-refractivity contribution in [3.63, 3.8) is 0 Å². The molecule has 1 N–H and O–H groups in total. The van der Waals surface area contributed by atoms with E-state index in [1.165, 1.54) is 0 Å². The van der Waals surface area contributed by atoms with Crippen molar-refractivity contribution in [2.75, 3.05) is 32.8 Å². The van der Waals surface area contributed by atoms with Gasteiger partial charge in [-0.1, -0.05) is 0 Å². The number of amides is 1. The van der Waals surface area contributed by atoms with Crippen LogP contribution in [0.4, 0.5) is 0 Å². The number of hydrogen-bond donors (Lipinski definition) is 1. The molecule has 0 aromatic heterocycles. The lowest BCUT2D eigenvalue weighted by molar-refractivity contribution is -0.146. The Bertz CT molecular complexity index is 262. The second-order valence-corrected chi connectivity index (χ2v) is 4.96. The lowest BCUT2D eigenvalue weighted by Crippen LogP contribution is -2.50. The van der Waals surface area contributed by atoms with Crippen molar-refractivity contribution < 1.29 is 14.3 Å². The molecule has 3 unspecified atom stereocenters. The predicted molar refractivity (Wildman–Crippen MR) is 71.1 cm³/mol. The van der Waals surface area contributed by atoms with E-state index in [1.54, 1.807) is 0 Å². The molecule has 2 heterocycles. The zero-order chi connectivity index (χ0) is 12.3. The van der Waals surface area contributed by atoms with Crippen molar-refractivity contribution in [2.24, 2.45) is 0 Å². The molecule has 5 nitrogen and oxygen atoms in total. The van der Waals surface area contributed by atoms with E-state index in [4.69, 9.17) is 9.47 Å². The van der Waals surface area contributed by atoms with E-state index in [0.29, 0.717) is 26.1 Å². The van der Waals surface area contributed by atoms with Crippen LogP contribution in [0.1, 0.15) is 20.3 Å². The van der Waals surface area contributed by atoms with Gasteiger partial charge in [0.1, 0.15) is 0 Å². The van der Waals surface area contributed by atoms with E-state index >= 15 is 0 Å². The smallest absolute Gasteiger partial charge is 0.225 e. The fourth-order valence-electron chi connectivity index (χ4n) is 2.46. The Hall–Kier alpha value is -0.360. The maximum Gasteiger partial charge on any atom is 0.225 e. The molecular formula is C12H23ClN2O3. The summed E-state index contributed by atoms with van der Waals surface area (Å²) in [6, 6.07) is 0. The molecule has 0 radical (unpaired) electrons. The van der Waals surface area contributed by atoms with Gasteiger partial charge in [-0.25, -0.2) is 0 Å². The number of halogens is 1. The molecule has 2 aliphatic rings. The van der Waals surface area contributed by atoms with Crippen molar-refractivity contribution in [1.82, 2.24) is 10.2 Å². The third-order valence-corrected chi connectivity index (χ3v) is 3.18. The maximum absolute atomic E-state index is 12.1. The minimum Gasteiger partial charge on any atom is -0.375 e. The van der Waals surface area contributed by atoms with E-state index in [2.05, 4.69) is 5.32 Å². The normalized spacial score (nSPS) is 32.8. The van der Waals surface area contributed by atoms with Gasteiger partial charge in [0.2, 0.25) is 5.91 Å². The summed E-state index contributed by atoms with van der Waals surface area (Å²) in [5.41, 5.74) is 0. The van der Waals surface area contributed by atoms with Crippen LogP contribution in [-0.2, 0) is 14.3 Å². The lowest BCUT2D eigenvalue weighted by Gasteiger charge is -2.36. The molecule has 3 atom stereocenters. The predicted octanol–water partition coefficient (Wildman–Crippen LogP) is 0.422. The van der Waals surface area contributed by atoms with Crippen LogP contribution >= 0.6 is 12.4 Å². The second-order valence-electron chi connectivity index (χ2n) is 4.96. The Balaban J connectivity index is 0.00000162. The molecule has 1 amide bonds. The average molecular weight is 279 g/mol. The fraction of sp³-hybridized carbons (Fsp3) is 0.917. The molecule has 0 aromatic rings. The minimum atomic E-state index is 0. The highest BCUT2D eigenvalue weighted by molar-refractivity contribution is 5.85. The standard InChI is InChI=1S/C12H22N2O3.ClH/c1-9-7-14(8-10(2)17-9)12(15)5-11-6-13-3-4-16-11;/h9-11,13H,3-8H2,1-2H3;1H. The molecule has 6 heteroatoms. The third kappa shape index (κ3) is 4.39. The topological polar surface area (TPSA) is 50.8 Å². The van der Waals surface area contributed by atoms with Gasteiger partial charge in [0, 0.05) is 26.2 Å². The van der Waals surface area contributed by atoms with Crippen molar-refractivity contribution in [3.8, 4) is 0 Å². The number of morpholine rings is 2. The molecule has 0 aromatic carbocycles. The highest BCUT2D eigenvalue weighted by Gasteiger charge is 2.28. The van der Waals surface area contributed by atoms with Crippen LogP contribution < -0.4 is 5.32 Å². The van der Waals surface area contributed by atoms with Gasteiger partial charge in [-0.2, -0.15) is 0 Å². The summed E-state index contributed by atoms with van der Waals surface area (Å²) < 4.78 is 11.2. The largest absolute Gasteiger partial charge is 0.375 e. The average Bonchev–Trinajstić information content (AvgIpc) is 2.29. The Morgan fingerprint density at radius 2 is 2.00 bits per heavy atom. The number of ether oxygens (including phenoxy) is 2. The van der Waals surface area contributed by atoms with Crippen molar-refractivity contribution in [3.05, 3.63) is 0 Å². The van der Waals surface area contributed by atoms with Gasteiger partial charge >= 0.3 is 0 Å². The third-order valence-electron chi connectivity index (χ3n) is 3.18. The van der Waals surface area contributed by atoms with Gasteiger partial charge < -0.3 is 19.7 Å². The maximum atomic E-state index is 12.1. The minimum absolute atomic E-state index is 0. The molecule has 0 bridgehead atoms. The molecule has 106 valence electrons. The molecule has 2 rings (SSSR count). The van der Waals surface area contributed by atoms with E-state index in [-0.39, 0.29) is 36.6 Å². The number of carbonyl (C=O) groups is 1. The molecule has 2 saturated heterocycles. The zero-order valence-electron chi connectivity index (χ0n) is 11.1. The molecule has 2 fully saturated rings. The second kappa shape index (κ2) is 7.28. The highest BCUT2D eigenvalue weighted by atomic mass is 35.5. The first-order chi connectivity index (χ1) is 8.15. The van der Waals surface area contributed by atoms with E-state index in [9.17, 15) is 4.79 Å². The van der Waals surface area contributed by atoms with Crippen LogP contribution in [0.3, 0.4) is 0 Å². The van der Waals surface area contributed by atoms with Crippen LogP contribution in [0.2, 0.25) is 0 Å². The zero-order valence-corrected chi connectivity index (χ0v) is 11.9. The Labute approximate surface area is 115 Å². The molecule has 0 aliphatic carbocycles. The van der Waals surface area contributed by atoms with E-state index in [1.807, 2.05) is 18.7 Å². The monoisotopic (exact) mass is 278 g/mol. The van der Waals surface area contributed by atoms with Crippen LogP contribution in [-0.4, -0.2) is 61.9 Å². The number of hydrogen-bond acceptors (Lipinski definition) is 4. The quantitative estimate of drug-likeness (QED) is 0.796. The van der Waals surface area contributed by atoms with Crippen LogP contribution in [0, 0.1) is 0 Å². The van der Waals surface area contributed by atoms with Gasteiger partial charge in [-0.3, -0.25) is 4.79 Å². The van der Waals surface area contributed by atoms with Crippen molar-refractivity contribution >= 4 is 18.3 Å². The fourth-order valence-corrected chi connectivity index (χ4v) is 2.46. The summed E-state index contributed by atoms with van der Waals surface area (Å²) in [6.07, 6.45) is 0.776. The van der Waals surface area contributed by atoms with Gasteiger partial charge in [-0.15, -0.1) is 12.4 Å². The van der Waals surface area contributed by atoms with Crippen LogP contribution in [0.25, 0.3) is 0 Å². The summed E-state index contributed by atoms with van der Waals surface area (Å²) in [6.45, 7) is 7.78. The first kappa shape index (κ1) is 15.7. The summed E-state index contributed by atoms with van der Waals surface area (Å²) in [4.78, 5) is 14.0. The Morgan fingerprint density at radius 1 is 1.33 bits per heavy atom. The van der Waals surface area contributed by atoms with Gasteiger partial charge in [0.25, 0.3) is 0 Å². The van der Waals surface area contributed by atoms with Gasteiger partial charge in [0.15, 0.2) is 0 Å². The van der Waals surface area contributed by atoms with Crippen LogP contribution in [0.15, 0.2) is 0 Å². The molecule has 0 saturated carbocycles. The first-order valence-electron chi connectivity index (χ1n) is 6.40. The summed E-state index contributed by atoms with van der Waals surface area (Å²) in [5, 5.41) is 3.24. The molecular weight excluding hydrogens is 256 g/mol. The van der Waals surface area contributed by atoms with Gasteiger partial charge in [-0.05, 0) is 13.8 Å². The van der Waals surface area contributed by atoms with Gasteiger partial charge in [0.05, 0.1) is 31.3 Å². The molecule has 0 spiro atoms. The number of rotatable bonds is 2. The Kier molecular flexibility index (Phi) is 6.35. The first-order valence-corrected chi connectivity index (χ1v) is 6.40. The molecule has 18 heavy (non-hydrogen) atoms. The summed E-state index contributed by atoms with van der Waals surface area (Å²) in [7, 11) is 0. The summed E-state index contributed by atoms with van der Waals surface area (Å²) >= 11 is 0. The summed E-state index contributed by atoms with van der Waals surface area (Å²) in [5.74, 6) is 0.181. The number of nitrogens with one attached hydrogen (secondary N) is 1. The SMILES string of the molecule is CC1CN(C(=O)CC2CNCCO2)CC(C)O1.Cl. The highest BCUT2D eigenvalue weighted by Crippen LogP contribution is 2.13. The van der Waals surface area contributed by atoms with Crippen LogP contribution in [0.5, 0.6) is 0 Å². The van der Waals surface area contributed by atoms with E-state index in [0.717, 1.165) is 13.1 Å². The van der Waals surface area contributed by atoms with Crippen molar-refractivity contribution in [2.45, 2.75) is 38.6 Å². The lowest BCUT2D eigenvalue weighted by atomic mass is 10.1. The number of carbonyl (C=O) groups excluding carboxylic acids is 1. The Morgan fingerprint density at radius 3 is 2.56 bits per heavy atom. The van der Waals surface area contributed by atoms with E-state index < -0.39 is 0 Å². The molecule has 2 aliphatic heterocycles. The van der Waals surface area contributed by atoms with Crippen molar-refractivity contribution in [1.29, 1.82) is 0 Å².